The van der Waals surface area contributed by atoms with Crippen molar-refractivity contribution in [3.63, 3.8) is 0 Å². The molecule has 0 bridgehead atoms. The first-order valence-electron chi connectivity index (χ1n) is 9.86. The fourth-order valence-corrected chi connectivity index (χ4v) is 4.02. The van der Waals surface area contributed by atoms with E-state index in [9.17, 15) is 0 Å². The van der Waals surface area contributed by atoms with Crippen LogP contribution >= 0.6 is 0 Å². The molecule has 0 atom stereocenters. The average molecular weight is 380 g/mol. The summed E-state index contributed by atoms with van der Waals surface area (Å²) in [6.07, 6.45) is 2.43. The van der Waals surface area contributed by atoms with E-state index in [0.717, 1.165) is 53.0 Å². The molecule has 3 aromatic rings. The van der Waals surface area contributed by atoms with Crippen molar-refractivity contribution < 1.29 is 9.47 Å². The fourth-order valence-electron chi connectivity index (χ4n) is 4.02. The minimum atomic E-state index is 0.705. The number of aromatic nitrogens is 3. The quantitative estimate of drug-likeness (QED) is 0.677. The van der Waals surface area contributed by atoms with Gasteiger partial charge in [0.1, 0.15) is 5.82 Å². The van der Waals surface area contributed by atoms with Crippen LogP contribution in [0.3, 0.4) is 0 Å². The van der Waals surface area contributed by atoms with Crippen LogP contribution in [0, 0.1) is 19.8 Å². The predicted molar refractivity (Wildman–Crippen MR) is 112 cm³/mol. The monoisotopic (exact) mass is 380 g/mol. The molecule has 1 saturated heterocycles. The van der Waals surface area contributed by atoms with E-state index in [1.165, 1.54) is 12.8 Å². The summed E-state index contributed by atoms with van der Waals surface area (Å²) < 4.78 is 12.9. The number of nitrogens with zero attached hydrogens (tertiary/aromatic N) is 4. The van der Waals surface area contributed by atoms with Crippen LogP contribution in [0.4, 0.5) is 5.82 Å². The number of hydrogen-bond acceptors (Lipinski definition) is 5. The lowest BCUT2D eigenvalue weighted by Crippen LogP contribution is -2.34. The summed E-state index contributed by atoms with van der Waals surface area (Å²) in [5.41, 5.74) is 4.91. The van der Waals surface area contributed by atoms with Gasteiger partial charge in [0.05, 0.1) is 19.9 Å². The molecule has 0 spiro atoms. The summed E-state index contributed by atoms with van der Waals surface area (Å²) >= 11 is 0. The molecule has 148 valence electrons. The number of fused-ring (bicyclic) bond motifs is 1. The molecule has 1 fully saturated rings. The maximum atomic E-state index is 5.50. The highest BCUT2D eigenvalue weighted by Crippen LogP contribution is 2.36. The molecule has 0 amide bonds. The van der Waals surface area contributed by atoms with Gasteiger partial charge in [0.2, 0.25) is 0 Å². The molecule has 1 aromatic carbocycles. The Balaban J connectivity index is 1.86. The molecule has 1 aliphatic heterocycles. The van der Waals surface area contributed by atoms with Crippen molar-refractivity contribution in [2.45, 2.75) is 33.6 Å². The summed E-state index contributed by atoms with van der Waals surface area (Å²) in [5, 5.41) is 4.86. The zero-order chi connectivity index (χ0) is 19.8. The Morgan fingerprint density at radius 2 is 1.71 bits per heavy atom. The first kappa shape index (κ1) is 18.6. The van der Waals surface area contributed by atoms with Gasteiger partial charge in [0.15, 0.2) is 17.1 Å². The Hall–Kier alpha value is -2.76. The molecule has 28 heavy (non-hydrogen) atoms. The molecule has 0 aliphatic carbocycles. The highest BCUT2D eigenvalue weighted by Gasteiger charge is 2.22. The van der Waals surface area contributed by atoms with Gasteiger partial charge in [-0.3, -0.25) is 0 Å². The Morgan fingerprint density at radius 3 is 2.39 bits per heavy atom. The SMILES string of the molecule is COc1ccc(-c2c(C)nn3c(N4CCC(C)CC4)cc(C)nc23)cc1OC. The highest BCUT2D eigenvalue weighted by molar-refractivity contribution is 5.82. The van der Waals surface area contributed by atoms with Crippen molar-refractivity contribution in [2.75, 3.05) is 32.2 Å². The molecule has 1 aliphatic rings. The minimum Gasteiger partial charge on any atom is -0.493 e. The molecule has 6 heteroatoms. The molecule has 0 radical (unpaired) electrons. The van der Waals surface area contributed by atoms with E-state index in [1.807, 2.05) is 29.6 Å². The van der Waals surface area contributed by atoms with Crippen LogP contribution in [0.1, 0.15) is 31.2 Å². The van der Waals surface area contributed by atoms with Crippen LogP contribution in [-0.4, -0.2) is 41.9 Å². The van der Waals surface area contributed by atoms with Crippen LogP contribution in [0.25, 0.3) is 16.8 Å². The van der Waals surface area contributed by atoms with E-state index >= 15 is 0 Å². The topological polar surface area (TPSA) is 51.9 Å². The second kappa shape index (κ2) is 7.34. The van der Waals surface area contributed by atoms with Gasteiger partial charge in [0.25, 0.3) is 0 Å². The molecule has 0 unspecified atom stereocenters. The van der Waals surface area contributed by atoms with Gasteiger partial charge >= 0.3 is 0 Å². The number of benzene rings is 1. The van der Waals surface area contributed by atoms with Gasteiger partial charge in [-0.1, -0.05) is 13.0 Å². The minimum absolute atomic E-state index is 0.705. The van der Waals surface area contributed by atoms with E-state index in [2.05, 4.69) is 24.8 Å². The summed E-state index contributed by atoms with van der Waals surface area (Å²) in [6.45, 7) is 8.54. The molecule has 6 nitrogen and oxygen atoms in total. The number of methoxy groups -OCH3 is 2. The predicted octanol–water partition coefficient (Wildman–Crippen LogP) is 4.27. The maximum Gasteiger partial charge on any atom is 0.165 e. The van der Waals surface area contributed by atoms with Crippen LogP contribution in [0.2, 0.25) is 0 Å². The third-order valence-electron chi connectivity index (χ3n) is 5.65. The standard InChI is InChI=1S/C22H28N4O2/c1-14-8-10-25(11-9-14)20-12-15(2)23-22-21(16(3)24-26(20)22)17-6-7-18(27-4)19(13-17)28-5/h6-7,12-14H,8-11H2,1-5H3. The number of ether oxygens (including phenoxy) is 2. The molecular weight excluding hydrogens is 352 g/mol. The third-order valence-corrected chi connectivity index (χ3v) is 5.65. The Labute approximate surface area is 166 Å². The van der Waals surface area contributed by atoms with Crippen molar-refractivity contribution in [2.24, 2.45) is 5.92 Å². The zero-order valence-electron chi connectivity index (χ0n) is 17.3. The number of piperidine rings is 1. The number of rotatable bonds is 4. The van der Waals surface area contributed by atoms with Gasteiger partial charge in [-0.05, 0) is 50.3 Å². The molecule has 0 saturated carbocycles. The number of aryl methyl sites for hydroxylation is 2. The van der Waals surface area contributed by atoms with Crippen LogP contribution < -0.4 is 14.4 Å². The van der Waals surface area contributed by atoms with Crippen LogP contribution in [-0.2, 0) is 0 Å². The lowest BCUT2D eigenvalue weighted by atomic mass is 9.99. The van der Waals surface area contributed by atoms with Crippen LogP contribution in [0.5, 0.6) is 11.5 Å². The van der Waals surface area contributed by atoms with Crippen LogP contribution in [0.15, 0.2) is 24.3 Å². The highest BCUT2D eigenvalue weighted by atomic mass is 16.5. The smallest absolute Gasteiger partial charge is 0.165 e. The first-order chi connectivity index (χ1) is 13.5. The lowest BCUT2D eigenvalue weighted by Gasteiger charge is -2.32. The Morgan fingerprint density at radius 1 is 1.00 bits per heavy atom. The first-order valence-corrected chi connectivity index (χ1v) is 9.86. The molecule has 2 aromatic heterocycles. The molecule has 0 N–H and O–H groups in total. The Bertz CT molecular complexity index is 1000. The zero-order valence-corrected chi connectivity index (χ0v) is 17.3. The largest absolute Gasteiger partial charge is 0.493 e. The summed E-state index contributed by atoms with van der Waals surface area (Å²) in [7, 11) is 3.30. The lowest BCUT2D eigenvalue weighted by molar-refractivity contribution is 0.355. The average Bonchev–Trinajstić information content (AvgIpc) is 3.03. The van der Waals surface area contributed by atoms with E-state index in [1.54, 1.807) is 14.2 Å². The Kier molecular flexibility index (Phi) is 4.87. The molecule has 4 rings (SSSR count). The van der Waals surface area contributed by atoms with E-state index < -0.39 is 0 Å². The fraction of sp³-hybridized carbons (Fsp3) is 0.455. The van der Waals surface area contributed by atoms with Gasteiger partial charge in [-0.15, -0.1) is 0 Å². The number of anilines is 1. The van der Waals surface area contributed by atoms with Gasteiger partial charge in [-0.25, -0.2) is 4.98 Å². The normalized spacial score (nSPS) is 15.2. The molecular formula is C22H28N4O2. The van der Waals surface area contributed by atoms with E-state index in [-0.39, 0.29) is 0 Å². The number of hydrogen-bond donors (Lipinski definition) is 0. The molecule has 3 heterocycles. The van der Waals surface area contributed by atoms with Crippen molar-refractivity contribution >= 4 is 11.5 Å². The van der Waals surface area contributed by atoms with Gasteiger partial charge in [-0.2, -0.15) is 9.61 Å². The maximum absolute atomic E-state index is 5.50. The van der Waals surface area contributed by atoms with Gasteiger partial charge in [0, 0.05) is 30.4 Å². The van der Waals surface area contributed by atoms with Crippen molar-refractivity contribution in [3.05, 3.63) is 35.7 Å². The van der Waals surface area contributed by atoms with Crippen molar-refractivity contribution in [1.29, 1.82) is 0 Å². The summed E-state index contributed by atoms with van der Waals surface area (Å²) in [6, 6.07) is 8.11. The van der Waals surface area contributed by atoms with Gasteiger partial charge < -0.3 is 14.4 Å². The van der Waals surface area contributed by atoms with Crippen molar-refractivity contribution in [3.8, 4) is 22.6 Å². The van der Waals surface area contributed by atoms with Crippen molar-refractivity contribution in [1.82, 2.24) is 14.6 Å². The summed E-state index contributed by atoms with van der Waals surface area (Å²) in [4.78, 5) is 7.28. The summed E-state index contributed by atoms with van der Waals surface area (Å²) in [5.74, 6) is 3.34. The second-order valence-electron chi connectivity index (χ2n) is 7.69. The third kappa shape index (κ3) is 3.17. The van der Waals surface area contributed by atoms with E-state index in [4.69, 9.17) is 19.6 Å². The second-order valence-corrected chi connectivity index (χ2v) is 7.69. The van der Waals surface area contributed by atoms with E-state index in [0.29, 0.717) is 11.5 Å².